The summed E-state index contributed by atoms with van der Waals surface area (Å²) in [6.45, 7) is 6.11. The SMILES string of the molecule is CCOc1ccc(/C=C/C(=O)OCC(=O)c2cc(C)n(C3CC3)c2C)cc1OC. The fraction of sp³-hybridized carbons (Fsp3) is 0.391. The zero-order valence-corrected chi connectivity index (χ0v) is 17.4. The first kappa shape index (κ1) is 20.7. The van der Waals surface area contributed by atoms with Crippen LogP contribution in [0, 0.1) is 13.8 Å². The summed E-state index contributed by atoms with van der Waals surface area (Å²) >= 11 is 0. The number of ether oxygens (including phenoxy) is 3. The number of Topliss-reactive ketones (excluding diaryl/α,β-unsaturated/α-hetero) is 1. The van der Waals surface area contributed by atoms with E-state index in [0.29, 0.717) is 29.7 Å². The topological polar surface area (TPSA) is 66.8 Å². The van der Waals surface area contributed by atoms with E-state index >= 15 is 0 Å². The molecule has 0 radical (unpaired) electrons. The molecule has 6 heteroatoms. The van der Waals surface area contributed by atoms with Gasteiger partial charge in [-0.1, -0.05) is 6.07 Å². The average molecular weight is 397 g/mol. The first-order valence-electron chi connectivity index (χ1n) is 9.81. The molecule has 0 spiro atoms. The summed E-state index contributed by atoms with van der Waals surface area (Å²) in [6, 6.07) is 7.76. The Labute approximate surface area is 171 Å². The van der Waals surface area contributed by atoms with Crippen molar-refractivity contribution in [1.82, 2.24) is 4.57 Å². The van der Waals surface area contributed by atoms with Gasteiger partial charge in [-0.05, 0) is 63.5 Å². The van der Waals surface area contributed by atoms with E-state index in [4.69, 9.17) is 14.2 Å². The van der Waals surface area contributed by atoms with Crippen LogP contribution in [0.2, 0.25) is 0 Å². The highest BCUT2D eigenvalue weighted by atomic mass is 16.5. The zero-order valence-electron chi connectivity index (χ0n) is 17.4. The first-order valence-corrected chi connectivity index (χ1v) is 9.81. The Morgan fingerprint density at radius 3 is 2.59 bits per heavy atom. The van der Waals surface area contributed by atoms with Gasteiger partial charge in [-0.2, -0.15) is 0 Å². The average Bonchev–Trinajstić information content (AvgIpc) is 3.49. The maximum atomic E-state index is 12.5. The van der Waals surface area contributed by atoms with Gasteiger partial charge in [0.1, 0.15) is 0 Å². The predicted molar refractivity (Wildman–Crippen MR) is 111 cm³/mol. The van der Waals surface area contributed by atoms with Gasteiger partial charge in [0.05, 0.1) is 13.7 Å². The molecule has 1 aromatic heterocycles. The van der Waals surface area contributed by atoms with Crippen molar-refractivity contribution < 1.29 is 23.8 Å². The molecule has 1 fully saturated rings. The van der Waals surface area contributed by atoms with Gasteiger partial charge in [0.15, 0.2) is 18.1 Å². The van der Waals surface area contributed by atoms with E-state index in [0.717, 1.165) is 29.8 Å². The van der Waals surface area contributed by atoms with Crippen LogP contribution in [0.1, 0.15) is 53.1 Å². The summed E-state index contributed by atoms with van der Waals surface area (Å²) in [6.07, 6.45) is 5.22. The molecular weight excluding hydrogens is 370 g/mol. The molecule has 0 atom stereocenters. The molecule has 0 amide bonds. The summed E-state index contributed by atoms with van der Waals surface area (Å²) in [7, 11) is 1.56. The molecule has 1 saturated carbocycles. The number of rotatable bonds is 9. The summed E-state index contributed by atoms with van der Waals surface area (Å²) < 4.78 is 18.1. The van der Waals surface area contributed by atoms with Crippen molar-refractivity contribution in [2.24, 2.45) is 0 Å². The Morgan fingerprint density at radius 2 is 1.93 bits per heavy atom. The number of ketones is 1. The molecule has 29 heavy (non-hydrogen) atoms. The second-order valence-electron chi connectivity index (χ2n) is 7.09. The lowest BCUT2D eigenvalue weighted by Gasteiger charge is -2.09. The van der Waals surface area contributed by atoms with Gasteiger partial charge in [-0.3, -0.25) is 4.79 Å². The van der Waals surface area contributed by atoms with Gasteiger partial charge < -0.3 is 18.8 Å². The van der Waals surface area contributed by atoms with E-state index in [1.54, 1.807) is 25.3 Å². The number of methoxy groups -OCH3 is 1. The van der Waals surface area contributed by atoms with Crippen molar-refractivity contribution in [3.05, 3.63) is 52.9 Å². The minimum absolute atomic E-state index is 0.186. The minimum Gasteiger partial charge on any atom is -0.493 e. The number of aryl methyl sites for hydroxylation is 1. The van der Waals surface area contributed by atoms with Gasteiger partial charge in [0.25, 0.3) is 0 Å². The van der Waals surface area contributed by atoms with Crippen LogP contribution in [0.5, 0.6) is 11.5 Å². The molecule has 0 aliphatic heterocycles. The van der Waals surface area contributed by atoms with Crippen LogP contribution >= 0.6 is 0 Å². The van der Waals surface area contributed by atoms with Gasteiger partial charge in [-0.25, -0.2) is 4.79 Å². The van der Waals surface area contributed by atoms with Crippen LogP contribution in [0.15, 0.2) is 30.3 Å². The van der Waals surface area contributed by atoms with Crippen LogP contribution < -0.4 is 9.47 Å². The molecule has 6 nitrogen and oxygen atoms in total. The highest BCUT2D eigenvalue weighted by Crippen LogP contribution is 2.38. The maximum absolute atomic E-state index is 12.5. The molecule has 0 N–H and O–H groups in total. The van der Waals surface area contributed by atoms with E-state index in [9.17, 15) is 9.59 Å². The van der Waals surface area contributed by atoms with E-state index < -0.39 is 5.97 Å². The minimum atomic E-state index is -0.567. The zero-order chi connectivity index (χ0) is 21.0. The van der Waals surface area contributed by atoms with E-state index in [1.807, 2.05) is 32.9 Å². The van der Waals surface area contributed by atoms with Crippen molar-refractivity contribution in [3.63, 3.8) is 0 Å². The van der Waals surface area contributed by atoms with Crippen molar-refractivity contribution in [1.29, 1.82) is 0 Å². The highest BCUT2D eigenvalue weighted by molar-refractivity contribution is 6.00. The molecule has 1 aliphatic rings. The smallest absolute Gasteiger partial charge is 0.331 e. The monoisotopic (exact) mass is 397 g/mol. The van der Waals surface area contributed by atoms with Crippen molar-refractivity contribution in [2.45, 2.75) is 39.7 Å². The van der Waals surface area contributed by atoms with Crippen molar-refractivity contribution in [2.75, 3.05) is 20.3 Å². The molecule has 1 heterocycles. The fourth-order valence-electron chi connectivity index (χ4n) is 3.44. The Balaban J connectivity index is 1.58. The van der Waals surface area contributed by atoms with E-state index in [-0.39, 0.29) is 12.4 Å². The molecule has 3 rings (SSSR count). The second kappa shape index (κ2) is 8.99. The van der Waals surface area contributed by atoms with Crippen molar-refractivity contribution >= 4 is 17.8 Å². The predicted octanol–water partition coefficient (Wildman–Crippen LogP) is 4.29. The number of hydrogen-bond donors (Lipinski definition) is 0. The number of nitrogens with zero attached hydrogens (tertiary/aromatic N) is 1. The van der Waals surface area contributed by atoms with Crippen LogP contribution in [0.3, 0.4) is 0 Å². The second-order valence-corrected chi connectivity index (χ2v) is 7.09. The third-order valence-corrected chi connectivity index (χ3v) is 4.94. The van der Waals surface area contributed by atoms with Crippen molar-refractivity contribution in [3.8, 4) is 11.5 Å². The Morgan fingerprint density at radius 1 is 1.17 bits per heavy atom. The van der Waals surface area contributed by atoms with Crippen LogP contribution in [0.4, 0.5) is 0 Å². The summed E-state index contributed by atoms with van der Waals surface area (Å²) in [4.78, 5) is 24.5. The third-order valence-electron chi connectivity index (χ3n) is 4.94. The number of benzene rings is 1. The molecule has 0 saturated heterocycles. The maximum Gasteiger partial charge on any atom is 0.331 e. The standard InChI is InChI=1S/C23H27NO5/c1-5-28-21-10-6-17(13-22(21)27-4)7-11-23(26)29-14-20(25)19-12-15(2)24(16(19)3)18-8-9-18/h6-7,10-13,18H,5,8-9,14H2,1-4H3/b11-7+. The number of carbonyl (C=O) groups is 2. The molecular formula is C23H27NO5. The van der Waals surface area contributed by atoms with Gasteiger partial charge >= 0.3 is 5.97 Å². The number of esters is 1. The normalized spacial score (nSPS) is 13.5. The highest BCUT2D eigenvalue weighted by Gasteiger charge is 2.28. The summed E-state index contributed by atoms with van der Waals surface area (Å²) in [5, 5.41) is 0. The van der Waals surface area contributed by atoms with Gasteiger partial charge in [0, 0.05) is 29.1 Å². The molecule has 1 aromatic carbocycles. The van der Waals surface area contributed by atoms with Crippen LogP contribution in [-0.4, -0.2) is 36.6 Å². The van der Waals surface area contributed by atoms with Gasteiger partial charge in [0.2, 0.25) is 5.78 Å². The summed E-state index contributed by atoms with van der Waals surface area (Å²) in [5.41, 5.74) is 3.41. The first-order chi connectivity index (χ1) is 13.9. The number of hydrogen-bond acceptors (Lipinski definition) is 5. The lowest BCUT2D eigenvalue weighted by atomic mass is 10.1. The van der Waals surface area contributed by atoms with Gasteiger partial charge in [-0.15, -0.1) is 0 Å². The molecule has 0 unspecified atom stereocenters. The molecule has 2 aromatic rings. The Kier molecular flexibility index (Phi) is 6.42. The molecule has 1 aliphatic carbocycles. The Hall–Kier alpha value is -3.02. The Bertz CT molecular complexity index is 937. The third kappa shape index (κ3) is 4.88. The number of aromatic nitrogens is 1. The largest absolute Gasteiger partial charge is 0.493 e. The lowest BCUT2D eigenvalue weighted by molar-refractivity contribution is -0.136. The molecule has 0 bridgehead atoms. The van der Waals surface area contributed by atoms with E-state index in [2.05, 4.69) is 4.57 Å². The lowest BCUT2D eigenvalue weighted by Crippen LogP contribution is -2.13. The van der Waals surface area contributed by atoms with E-state index in [1.165, 1.54) is 6.08 Å². The number of carbonyl (C=O) groups excluding carboxylic acids is 2. The quantitative estimate of drug-likeness (QED) is 0.359. The van der Waals surface area contributed by atoms with Crippen LogP contribution in [-0.2, 0) is 9.53 Å². The molecule has 154 valence electrons. The summed E-state index contributed by atoms with van der Waals surface area (Å²) in [5.74, 6) is 0.476. The van der Waals surface area contributed by atoms with Crippen LogP contribution in [0.25, 0.3) is 6.08 Å². The fourth-order valence-corrected chi connectivity index (χ4v) is 3.44.